The van der Waals surface area contributed by atoms with Crippen molar-refractivity contribution in [3.63, 3.8) is 0 Å². The first-order valence-corrected chi connectivity index (χ1v) is 9.68. The first kappa shape index (κ1) is 16.6. The van der Waals surface area contributed by atoms with Gasteiger partial charge in [0, 0.05) is 54.0 Å². The molecule has 3 aromatic rings. The summed E-state index contributed by atoms with van der Waals surface area (Å²) in [6.45, 7) is 2.41. The molecule has 4 heterocycles. The molecule has 1 fully saturated rings. The summed E-state index contributed by atoms with van der Waals surface area (Å²) in [6.07, 6.45) is 2.99. The first-order valence-electron chi connectivity index (χ1n) is 9.30. The molecule has 6 heteroatoms. The lowest BCUT2D eigenvalue weighted by Crippen LogP contribution is -2.49. The van der Waals surface area contributed by atoms with E-state index in [9.17, 15) is 9.59 Å². The van der Waals surface area contributed by atoms with Gasteiger partial charge in [0.15, 0.2) is 0 Å². The van der Waals surface area contributed by atoms with E-state index in [0.29, 0.717) is 30.6 Å². The smallest absolute Gasteiger partial charge is 0.250 e. The third kappa shape index (κ3) is 2.86. The zero-order valence-corrected chi connectivity index (χ0v) is 15.6. The maximum Gasteiger partial charge on any atom is 0.250 e. The van der Waals surface area contributed by atoms with Gasteiger partial charge in [-0.2, -0.15) is 0 Å². The van der Waals surface area contributed by atoms with Crippen molar-refractivity contribution < 1.29 is 4.79 Å². The molecule has 2 bridgehead atoms. The predicted molar refractivity (Wildman–Crippen MR) is 105 cm³/mol. The van der Waals surface area contributed by atoms with Crippen LogP contribution in [0, 0.1) is 5.92 Å². The second kappa shape index (κ2) is 6.27. The molecular formula is C21H20ClN3O2. The molecule has 1 amide bonds. The Morgan fingerprint density at radius 2 is 2.00 bits per heavy atom. The van der Waals surface area contributed by atoms with Crippen molar-refractivity contribution in [2.75, 3.05) is 13.1 Å². The van der Waals surface area contributed by atoms with Crippen molar-refractivity contribution in [1.29, 1.82) is 0 Å². The molecule has 2 aliphatic heterocycles. The first-order chi connectivity index (χ1) is 13.1. The summed E-state index contributed by atoms with van der Waals surface area (Å²) in [4.78, 5) is 27.1. The molecule has 2 unspecified atom stereocenters. The number of pyridine rings is 1. The number of piperidine rings is 1. The van der Waals surface area contributed by atoms with Crippen LogP contribution in [0.25, 0.3) is 10.9 Å². The highest BCUT2D eigenvalue weighted by Gasteiger charge is 2.36. The highest BCUT2D eigenvalue weighted by molar-refractivity contribution is 6.31. The average Bonchev–Trinajstić information content (AvgIpc) is 3.04. The number of fused-ring (bicyclic) bond motifs is 5. The minimum atomic E-state index is 0.0673. The molecule has 2 aromatic heterocycles. The average molecular weight is 382 g/mol. The number of hydrogen-bond acceptors (Lipinski definition) is 2. The molecule has 0 saturated carbocycles. The van der Waals surface area contributed by atoms with Crippen molar-refractivity contribution >= 4 is 28.4 Å². The lowest BCUT2D eigenvalue weighted by atomic mass is 9.83. The Morgan fingerprint density at radius 3 is 2.89 bits per heavy atom. The predicted octanol–water partition coefficient (Wildman–Crippen LogP) is 3.10. The molecule has 2 atom stereocenters. The van der Waals surface area contributed by atoms with Crippen molar-refractivity contribution in [1.82, 2.24) is 14.0 Å². The Balaban J connectivity index is 1.39. The number of nitrogens with zero attached hydrogens (tertiary/aromatic N) is 3. The van der Waals surface area contributed by atoms with Crippen molar-refractivity contribution in [3.8, 4) is 0 Å². The number of amides is 1. The number of hydrogen-bond donors (Lipinski definition) is 0. The van der Waals surface area contributed by atoms with E-state index in [-0.39, 0.29) is 17.4 Å². The van der Waals surface area contributed by atoms with E-state index in [1.165, 1.54) is 0 Å². The fourth-order valence-electron chi connectivity index (χ4n) is 4.64. The van der Waals surface area contributed by atoms with E-state index in [4.69, 9.17) is 11.6 Å². The van der Waals surface area contributed by atoms with Crippen LogP contribution in [0.4, 0.5) is 0 Å². The molecule has 0 spiro atoms. The van der Waals surface area contributed by atoms with Gasteiger partial charge in [-0.15, -0.1) is 0 Å². The largest absolute Gasteiger partial charge is 0.340 e. The Hall–Kier alpha value is -2.53. The third-order valence-electron chi connectivity index (χ3n) is 5.87. The van der Waals surface area contributed by atoms with Gasteiger partial charge < -0.3 is 14.0 Å². The molecule has 0 N–H and O–H groups in total. The Bertz CT molecular complexity index is 1100. The lowest BCUT2D eigenvalue weighted by Gasteiger charge is -2.42. The SMILES string of the molecule is O=C(Cn1ccc2ccc(Cl)cc21)N1CC2CC(C1)c1cccc(=O)n1C2. The van der Waals surface area contributed by atoms with Gasteiger partial charge in [-0.3, -0.25) is 9.59 Å². The zero-order valence-electron chi connectivity index (χ0n) is 14.8. The number of likely N-dealkylation sites (tertiary alicyclic amines) is 1. The fraction of sp³-hybridized carbons (Fsp3) is 0.333. The fourth-order valence-corrected chi connectivity index (χ4v) is 4.81. The summed E-state index contributed by atoms with van der Waals surface area (Å²) in [6, 6.07) is 13.2. The molecule has 0 aliphatic carbocycles. The topological polar surface area (TPSA) is 47.2 Å². The van der Waals surface area contributed by atoms with Crippen LogP contribution in [0.3, 0.4) is 0 Å². The summed E-state index contributed by atoms with van der Waals surface area (Å²) in [5.74, 6) is 0.705. The molecule has 2 aliphatic rings. The highest BCUT2D eigenvalue weighted by atomic mass is 35.5. The number of halogens is 1. The monoisotopic (exact) mass is 381 g/mol. The van der Waals surface area contributed by atoms with Crippen LogP contribution in [0.5, 0.6) is 0 Å². The number of carbonyl (C=O) groups is 1. The molecule has 1 aromatic carbocycles. The van der Waals surface area contributed by atoms with Crippen LogP contribution in [-0.2, 0) is 17.9 Å². The van der Waals surface area contributed by atoms with E-state index in [2.05, 4.69) is 0 Å². The molecular weight excluding hydrogens is 362 g/mol. The number of carbonyl (C=O) groups excluding carboxylic acids is 1. The van der Waals surface area contributed by atoms with Crippen molar-refractivity contribution in [2.24, 2.45) is 5.92 Å². The maximum absolute atomic E-state index is 13.0. The molecule has 5 rings (SSSR count). The number of benzene rings is 1. The van der Waals surface area contributed by atoms with E-state index >= 15 is 0 Å². The molecule has 27 heavy (non-hydrogen) atoms. The van der Waals surface area contributed by atoms with Crippen LogP contribution in [0.15, 0.2) is 53.5 Å². The van der Waals surface area contributed by atoms with Gasteiger partial charge in [-0.1, -0.05) is 23.7 Å². The summed E-state index contributed by atoms with van der Waals surface area (Å²) in [7, 11) is 0. The third-order valence-corrected chi connectivity index (χ3v) is 6.11. The second-order valence-electron chi connectivity index (χ2n) is 7.64. The van der Waals surface area contributed by atoms with Gasteiger partial charge >= 0.3 is 0 Å². The van der Waals surface area contributed by atoms with Crippen LogP contribution >= 0.6 is 11.6 Å². The number of aromatic nitrogens is 2. The van der Waals surface area contributed by atoms with Gasteiger partial charge in [-0.25, -0.2) is 0 Å². The normalized spacial score (nSPS) is 21.3. The van der Waals surface area contributed by atoms with Crippen LogP contribution in [-0.4, -0.2) is 33.0 Å². The summed E-state index contributed by atoms with van der Waals surface area (Å²) < 4.78 is 3.86. The highest BCUT2D eigenvalue weighted by Crippen LogP contribution is 2.35. The van der Waals surface area contributed by atoms with Gasteiger partial charge in [0.2, 0.25) is 5.91 Å². The standard InChI is InChI=1S/C21H20ClN3O2/c22-17-5-4-15-6-7-23(19(15)9-17)13-21(27)24-10-14-8-16(12-24)18-2-1-3-20(26)25(18)11-14/h1-7,9,14,16H,8,10-13H2. The van der Waals surface area contributed by atoms with E-state index < -0.39 is 0 Å². The van der Waals surface area contributed by atoms with Crippen molar-refractivity contribution in [3.05, 3.63) is 69.7 Å². The minimum Gasteiger partial charge on any atom is -0.340 e. The lowest BCUT2D eigenvalue weighted by molar-refractivity contribution is -0.134. The molecule has 1 saturated heterocycles. The van der Waals surface area contributed by atoms with Crippen molar-refractivity contribution in [2.45, 2.75) is 25.4 Å². The van der Waals surface area contributed by atoms with Gasteiger partial charge in [0.1, 0.15) is 6.54 Å². The Morgan fingerprint density at radius 1 is 1.11 bits per heavy atom. The number of rotatable bonds is 2. The second-order valence-corrected chi connectivity index (χ2v) is 8.08. The van der Waals surface area contributed by atoms with Gasteiger partial charge in [-0.05, 0) is 42.0 Å². The van der Waals surface area contributed by atoms with E-state index in [0.717, 1.165) is 29.6 Å². The van der Waals surface area contributed by atoms with Crippen LogP contribution in [0.1, 0.15) is 18.0 Å². The molecule has 5 nitrogen and oxygen atoms in total. The zero-order chi connectivity index (χ0) is 18.5. The summed E-state index contributed by atoms with van der Waals surface area (Å²) >= 11 is 6.12. The quantitative estimate of drug-likeness (QED) is 0.684. The summed E-state index contributed by atoms with van der Waals surface area (Å²) in [5.41, 5.74) is 2.11. The van der Waals surface area contributed by atoms with Gasteiger partial charge in [0.25, 0.3) is 5.56 Å². The van der Waals surface area contributed by atoms with Crippen LogP contribution < -0.4 is 5.56 Å². The van der Waals surface area contributed by atoms with Gasteiger partial charge in [0.05, 0.1) is 0 Å². The Labute approximate surface area is 161 Å². The van der Waals surface area contributed by atoms with E-state index in [1.54, 1.807) is 6.07 Å². The van der Waals surface area contributed by atoms with Crippen LogP contribution in [0.2, 0.25) is 5.02 Å². The maximum atomic E-state index is 13.0. The Kier molecular flexibility index (Phi) is 3.86. The van der Waals surface area contributed by atoms with E-state index in [1.807, 2.05) is 56.6 Å². The minimum absolute atomic E-state index is 0.0673. The summed E-state index contributed by atoms with van der Waals surface area (Å²) in [5, 5.41) is 1.75. The molecule has 138 valence electrons. The molecule has 0 radical (unpaired) electrons.